The van der Waals surface area contributed by atoms with Crippen LogP contribution in [-0.2, 0) is 14.1 Å². The van der Waals surface area contributed by atoms with Gasteiger partial charge in [0.25, 0.3) is 0 Å². The van der Waals surface area contributed by atoms with Crippen LogP contribution < -0.4 is 10.1 Å². The van der Waals surface area contributed by atoms with E-state index in [1.54, 1.807) is 4.68 Å². The summed E-state index contributed by atoms with van der Waals surface area (Å²) in [6.45, 7) is 0. The molecule has 148 valence electrons. The minimum Gasteiger partial charge on any atom is -0.489 e. The van der Waals surface area contributed by atoms with Crippen LogP contribution in [0.1, 0.15) is 25.7 Å². The first kappa shape index (κ1) is 17.7. The highest BCUT2D eigenvalue weighted by Crippen LogP contribution is 2.32. The third-order valence-electron chi connectivity index (χ3n) is 5.47. The van der Waals surface area contributed by atoms with Crippen molar-refractivity contribution in [1.29, 1.82) is 0 Å². The molecular weight excluding hydrogens is 364 g/mol. The first-order chi connectivity index (χ1) is 14.2. The van der Waals surface area contributed by atoms with Crippen molar-refractivity contribution in [2.75, 3.05) is 5.32 Å². The van der Waals surface area contributed by atoms with Crippen LogP contribution in [0.4, 0.5) is 11.6 Å². The number of fused-ring (bicyclic) bond motifs is 1. The molecule has 3 aromatic heterocycles. The molecule has 1 N–H and O–H groups in total. The molecule has 4 aromatic rings. The van der Waals surface area contributed by atoms with Gasteiger partial charge in [-0.1, -0.05) is 30.3 Å². The number of rotatable bonds is 5. The molecule has 1 fully saturated rings. The van der Waals surface area contributed by atoms with E-state index in [1.807, 2.05) is 55.3 Å². The van der Waals surface area contributed by atoms with Crippen LogP contribution in [0.5, 0.6) is 5.75 Å². The molecule has 7 nitrogen and oxygen atoms in total. The van der Waals surface area contributed by atoms with E-state index in [4.69, 9.17) is 9.72 Å². The standard InChI is InChI=1S/C22H24N6O/c1-27-21(12-18(26-27)15-8-4-3-5-9-15)24-20-13-19(29-16-10-6-7-11-16)17-14-23-28(2)22(17)25-20/h3-5,8-9,12-14,16H,6-7,10-11H2,1-2H3,(H,24,25). The predicted molar refractivity (Wildman–Crippen MR) is 113 cm³/mol. The second kappa shape index (κ2) is 7.24. The van der Waals surface area contributed by atoms with Crippen LogP contribution >= 0.6 is 0 Å². The highest BCUT2D eigenvalue weighted by molar-refractivity contribution is 5.84. The highest BCUT2D eigenvalue weighted by Gasteiger charge is 2.20. The van der Waals surface area contributed by atoms with Gasteiger partial charge in [0.2, 0.25) is 0 Å². The Hall–Kier alpha value is -3.35. The van der Waals surface area contributed by atoms with Crippen molar-refractivity contribution < 1.29 is 4.74 Å². The minimum absolute atomic E-state index is 0.273. The van der Waals surface area contributed by atoms with E-state index < -0.39 is 0 Å². The van der Waals surface area contributed by atoms with Gasteiger partial charge in [-0.2, -0.15) is 10.2 Å². The van der Waals surface area contributed by atoms with E-state index in [0.29, 0.717) is 0 Å². The summed E-state index contributed by atoms with van der Waals surface area (Å²) in [4.78, 5) is 4.76. The summed E-state index contributed by atoms with van der Waals surface area (Å²) in [5.74, 6) is 2.42. The molecule has 0 radical (unpaired) electrons. The lowest BCUT2D eigenvalue weighted by Crippen LogP contribution is -2.11. The van der Waals surface area contributed by atoms with Gasteiger partial charge in [0.1, 0.15) is 17.4 Å². The number of anilines is 2. The number of ether oxygens (including phenoxy) is 1. The lowest BCUT2D eigenvalue weighted by molar-refractivity contribution is 0.213. The van der Waals surface area contributed by atoms with Crippen LogP contribution in [-0.4, -0.2) is 30.6 Å². The third kappa shape index (κ3) is 3.44. The van der Waals surface area contributed by atoms with Gasteiger partial charge in [-0.3, -0.25) is 9.36 Å². The molecule has 5 rings (SSSR count). The number of benzene rings is 1. The second-order valence-electron chi connectivity index (χ2n) is 7.56. The van der Waals surface area contributed by atoms with E-state index in [-0.39, 0.29) is 6.10 Å². The Morgan fingerprint density at radius 2 is 1.83 bits per heavy atom. The van der Waals surface area contributed by atoms with E-state index in [2.05, 4.69) is 27.6 Å². The largest absolute Gasteiger partial charge is 0.489 e. The van der Waals surface area contributed by atoms with Gasteiger partial charge in [-0.25, -0.2) is 4.98 Å². The summed E-state index contributed by atoms with van der Waals surface area (Å²) in [7, 11) is 3.82. The molecule has 0 unspecified atom stereocenters. The maximum Gasteiger partial charge on any atom is 0.163 e. The van der Waals surface area contributed by atoms with Gasteiger partial charge in [0.15, 0.2) is 5.65 Å². The minimum atomic E-state index is 0.273. The molecule has 0 atom stereocenters. The molecule has 0 saturated heterocycles. The van der Waals surface area contributed by atoms with Gasteiger partial charge < -0.3 is 10.1 Å². The van der Waals surface area contributed by atoms with Crippen LogP contribution in [0.2, 0.25) is 0 Å². The summed E-state index contributed by atoms with van der Waals surface area (Å²) in [6, 6.07) is 14.1. The van der Waals surface area contributed by atoms with E-state index in [1.165, 1.54) is 12.8 Å². The number of hydrogen-bond acceptors (Lipinski definition) is 5. The molecule has 3 heterocycles. The molecular formula is C22H24N6O. The number of aromatic nitrogens is 5. The smallest absolute Gasteiger partial charge is 0.163 e. The number of pyridine rings is 1. The van der Waals surface area contributed by atoms with Crippen molar-refractivity contribution >= 4 is 22.7 Å². The van der Waals surface area contributed by atoms with E-state index in [9.17, 15) is 0 Å². The molecule has 1 aliphatic rings. The van der Waals surface area contributed by atoms with Gasteiger partial charge in [-0.15, -0.1) is 0 Å². The second-order valence-corrected chi connectivity index (χ2v) is 7.56. The fourth-order valence-electron chi connectivity index (χ4n) is 3.90. The topological polar surface area (TPSA) is 69.8 Å². The first-order valence-electron chi connectivity index (χ1n) is 10.0. The molecule has 0 spiro atoms. The van der Waals surface area contributed by atoms with E-state index >= 15 is 0 Å². The zero-order chi connectivity index (χ0) is 19.8. The van der Waals surface area contributed by atoms with Crippen molar-refractivity contribution in [3.8, 4) is 17.0 Å². The SMILES string of the molecule is Cn1nc(-c2ccccc2)cc1Nc1cc(OC2CCCC2)c2cnn(C)c2n1. The Morgan fingerprint density at radius 3 is 2.62 bits per heavy atom. The molecule has 0 aliphatic heterocycles. The number of aryl methyl sites for hydroxylation is 2. The average Bonchev–Trinajstić information content (AvgIpc) is 3.45. The average molecular weight is 388 g/mol. The summed E-state index contributed by atoms with van der Waals surface area (Å²) in [5, 5.41) is 13.3. The fraction of sp³-hybridized carbons (Fsp3) is 0.318. The van der Waals surface area contributed by atoms with Crippen LogP contribution in [0.15, 0.2) is 48.7 Å². The molecule has 1 aromatic carbocycles. The maximum atomic E-state index is 6.33. The molecule has 29 heavy (non-hydrogen) atoms. The zero-order valence-corrected chi connectivity index (χ0v) is 16.7. The highest BCUT2D eigenvalue weighted by atomic mass is 16.5. The Balaban J connectivity index is 1.49. The lowest BCUT2D eigenvalue weighted by Gasteiger charge is -2.15. The van der Waals surface area contributed by atoms with Gasteiger partial charge >= 0.3 is 0 Å². The number of nitrogens with zero attached hydrogens (tertiary/aromatic N) is 5. The van der Waals surface area contributed by atoms with Crippen molar-refractivity contribution in [2.24, 2.45) is 14.1 Å². The van der Waals surface area contributed by atoms with Crippen molar-refractivity contribution in [1.82, 2.24) is 24.5 Å². The maximum absolute atomic E-state index is 6.33. The van der Waals surface area contributed by atoms with Crippen molar-refractivity contribution in [2.45, 2.75) is 31.8 Å². The Kier molecular flexibility index (Phi) is 4.42. The van der Waals surface area contributed by atoms with Gasteiger partial charge in [0.05, 0.1) is 23.4 Å². The molecule has 0 bridgehead atoms. The Bertz CT molecular complexity index is 1140. The quantitative estimate of drug-likeness (QED) is 0.548. The van der Waals surface area contributed by atoms with Crippen LogP contribution in [0, 0.1) is 0 Å². The third-order valence-corrected chi connectivity index (χ3v) is 5.47. The normalized spacial score (nSPS) is 14.6. The Labute approximate surface area is 169 Å². The molecule has 1 aliphatic carbocycles. The van der Waals surface area contributed by atoms with Gasteiger partial charge in [0, 0.05) is 31.8 Å². The predicted octanol–water partition coefficient (Wildman–Crippen LogP) is 4.43. The van der Waals surface area contributed by atoms with Crippen molar-refractivity contribution in [3.63, 3.8) is 0 Å². The van der Waals surface area contributed by atoms with Gasteiger partial charge in [-0.05, 0) is 25.7 Å². The molecule has 1 saturated carbocycles. The summed E-state index contributed by atoms with van der Waals surface area (Å²) in [6.07, 6.45) is 6.77. The Morgan fingerprint density at radius 1 is 1.03 bits per heavy atom. The summed E-state index contributed by atoms with van der Waals surface area (Å²) in [5.41, 5.74) is 2.80. The van der Waals surface area contributed by atoms with Crippen molar-refractivity contribution in [3.05, 3.63) is 48.7 Å². The lowest BCUT2D eigenvalue weighted by atomic mass is 10.1. The molecule has 7 heteroatoms. The fourth-order valence-corrected chi connectivity index (χ4v) is 3.90. The summed E-state index contributed by atoms with van der Waals surface area (Å²) < 4.78 is 9.94. The summed E-state index contributed by atoms with van der Waals surface area (Å²) >= 11 is 0. The zero-order valence-electron chi connectivity index (χ0n) is 16.7. The first-order valence-corrected chi connectivity index (χ1v) is 10.0. The molecule has 0 amide bonds. The van der Waals surface area contributed by atoms with Crippen LogP contribution in [0.3, 0.4) is 0 Å². The number of hydrogen-bond donors (Lipinski definition) is 1. The van der Waals surface area contributed by atoms with Crippen LogP contribution in [0.25, 0.3) is 22.3 Å². The van der Waals surface area contributed by atoms with E-state index in [0.717, 1.165) is 52.5 Å². The monoisotopic (exact) mass is 388 g/mol. The number of nitrogens with one attached hydrogen (secondary N) is 1.